The van der Waals surface area contributed by atoms with E-state index in [2.05, 4.69) is 29.2 Å². The van der Waals surface area contributed by atoms with Crippen molar-refractivity contribution in [3.05, 3.63) is 77.9 Å². The van der Waals surface area contributed by atoms with Crippen molar-refractivity contribution in [2.45, 2.75) is 19.3 Å². The summed E-state index contributed by atoms with van der Waals surface area (Å²) in [5, 5.41) is 4.35. The van der Waals surface area contributed by atoms with Gasteiger partial charge in [0, 0.05) is 11.1 Å². The van der Waals surface area contributed by atoms with Gasteiger partial charge in [0.15, 0.2) is 0 Å². The Kier molecular flexibility index (Phi) is 5.06. The highest BCUT2D eigenvalue weighted by molar-refractivity contribution is 6.04. The minimum atomic E-state index is -0.221. The van der Waals surface area contributed by atoms with Crippen molar-refractivity contribution in [3.63, 3.8) is 0 Å². The molecule has 2 aromatic rings. The summed E-state index contributed by atoms with van der Waals surface area (Å²) in [6.45, 7) is 4.05. The lowest BCUT2D eigenvalue weighted by Gasteiger charge is -2.17. The van der Waals surface area contributed by atoms with Gasteiger partial charge in [-0.15, -0.1) is 0 Å². The maximum Gasteiger partial charge on any atom is 0.271 e. The number of carbonyl (C=O) groups is 1. The van der Waals surface area contributed by atoms with Crippen LogP contribution in [0.15, 0.2) is 66.3 Å². The topological polar surface area (TPSA) is 50.7 Å². The molecule has 0 heterocycles. The third kappa shape index (κ3) is 3.71. The van der Waals surface area contributed by atoms with E-state index in [4.69, 9.17) is 4.74 Å². The molecule has 3 rings (SSSR count). The molecular formula is C20H20N2O2. The molecule has 0 bridgehead atoms. The highest BCUT2D eigenvalue weighted by atomic mass is 16.5. The molecule has 0 spiro atoms. The van der Waals surface area contributed by atoms with E-state index in [0.29, 0.717) is 17.9 Å². The van der Waals surface area contributed by atoms with Gasteiger partial charge in [-0.1, -0.05) is 36.9 Å². The fraction of sp³-hybridized carbons (Fsp3) is 0.200. The van der Waals surface area contributed by atoms with E-state index in [9.17, 15) is 4.79 Å². The molecule has 0 radical (unpaired) electrons. The number of nitrogens with one attached hydrogen (secondary N) is 1. The van der Waals surface area contributed by atoms with Crippen molar-refractivity contribution in [1.82, 2.24) is 5.43 Å². The van der Waals surface area contributed by atoms with Crippen LogP contribution in [-0.2, 0) is 6.42 Å². The normalized spacial score (nSPS) is 14.8. The molecule has 0 saturated heterocycles. The first-order valence-corrected chi connectivity index (χ1v) is 8.07. The van der Waals surface area contributed by atoms with Crippen molar-refractivity contribution in [2.75, 3.05) is 6.61 Å². The molecule has 1 aliphatic carbocycles. The average molecular weight is 320 g/mol. The predicted octanol–water partition coefficient (Wildman–Crippen LogP) is 3.72. The zero-order valence-electron chi connectivity index (χ0n) is 13.5. The monoisotopic (exact) mass is 320 g/mol. The Morgan fingerprint density at radius 2 is 1.96 bits per heavy atom. The van der Waals surface area contributed by atoms with Crippen molar-refractivity contribution in [1.29, 1.82) is 0 Å². The highest BCUT2D eigenvalue weighted by Gasteiger charge is 2.15. The van der Waals surface area contributed by atoms with Gasteiger partial charge in [-0.3, -0.25) is 4.79 Å². The number of nitrogens with zero attached hydrogens (tertiary/aromatic N) is 1. The van der Waals surface area contributed by atoms with Crippen LogP contribution in [0.25, 0.3) is 0 Å². The van der Waals surface area contributed by atoms with E-state index in [-0.39, 0.29) is 5.91 Å². The summed E-state index contributed by atoms with van der Waals surface area (Å²) < 4.78 is 5.41. The number of benzene rings is 2. The number of ether oxygens (including phenoxy) is 1. The molecule has 0 aliphatic heterocycles. The molecule has 4 nitrogen and oxygen atoms in total. The zero-order valence-corrected chi connectivity index (χ0v) is 13.5. The quantitative estimate of drug-likeness (QED) is 0.674. The van der Waals surface area contributed by atoms with Gasteiger partial charge in [-0.05, 0) is 49.1 Å². The Hall–Kier alpha value is -2.88. The van der Waals surface area contributed by atoms with Gasteiger partial charge in [0.1, 0.15) is 12.4 Å². The van der Waals surface area contributed by atoms with Gasteiger partial charge in [-0.25, -0.2) is 5.43 Å². The summed E-state index contributed by atoms with van der Waals surface area (Å²) in [6, 6.07) is 15.2. The van der Waals surface area contributed by atoms with Crippen molar-refractivity contribution in [2.24, 2.45) is 5.10 Å². The van der Waals surface area contributed by atoms with Crippen LogP contribution in [0.5, 0.6) is 5.75 Å². The Balaban J connectivity index is 1.68. The molecule has 0 saturated carbocycles. The first kappa shape index (κ1) is 16.0. The second kappa shape index (κ2) is 7.59. The van der Waals surface area contributed by atoms with Gasteiger partial charge in [0.05, 0.1) is 5.71 Å². The Labute approximate surface area is 141 Å². The van der Waals surface area contributed by atoms with E-state index in [1.54, 1.807) is 30.3 Å². The SMILES string of the molecule is C=CCOc1ccc(C(=O)N/N=C2\CCCc3ccccc32)cc1. The lowest BCUT2D eigenvalue weighted by molar-refractivity contribution is 0.0954. The van der Waals surface area contributed by atoms with E-state index >= 15 is 0 Å². The fourth-order valence-electron chi connectivity index (χ4n) is 2.76. The maximum absolute atomic E-state index is 12.2. The van der Waals surface area contributed by atoms with E-state index in [0.717, 1.165) is 30.5 Å². The van der Waals surface area contributed by atoms with Gasteiger partial charge >= 0.3 is 0 Å². The molecule has 1 N–H and O–H groups in total. The van der Waals surface area contributed by atoms with Crippen LogP contribution in [0.4, 0.5) is 0 Å². The van der Waals surface area contributed by atoms with Gasteiger partial charge in [0.25, 0.3) is 5.91 Å². The number of hydrogen-bond donors (Lipinski definition) is 1. The summed E-state index contributed by atoms with van der Waals surface area (Å²) in [6.07, 6.45) is 4.68. The van der Waals surface area contributed by atoms with Gasteiger partial charge < -0.3 is 4.74 Å². The van der Waals surface area contributed by atoms with E-state index < -0.39 is 0 Å². The molecule has 2 aromatic carbocycles. The first-order valence-electron chi connectivity index (χ1n) is 8.07. The summed E-state index contributed by atoms with van der Waals surface area (Å²) in [7, 11) is 0. The Morgan fingerprint density at radius 1 is 1.17 bits per heavy atom. The van der Waals surface area contributed by atoms with Gasteiger partial charge in [-0.2, -0.15) is 5.10 Å². The molecule has 1 aliphatic rings. The average Bonchev–Trinajstić information content (AvgIpc) is 2.64. The number of fused-ring (bicyclic) bond motifs is 1. The molecule has 0 aromatic heterocycles. The minimum absolute atomic E-state index is 0.221. The van der Waals surface area contributed by atoms with Crippen LogP contribution in [0, 0.1) is 0 Å². The number of amides is 1. The minimum Gasteiger partial charge on any atom is -0.490 e. The number of hydrazone groups is 1. The fourth-order valence-corrected chi connectivity index (χ4v) is 2.76. The van der Waals surface area contributed by atoms with Crippen molar-refractivity contribution >= 4 is 11.6 Å². The number of hydrogen-bond acceptors (Lipinski definition) is 3. The van der Waals surface area contributed by atoms with Gasteiger partial charge in [0.2, 0.25) is 0 Å². The van der Waals surface area contributed by atoms with Crippen molar-refractivity contribution < 1.29 is 9.53 Å². The number of rotatable bonds is 5. The van der Waals surface area contributed by atoms with Crippen LogP contribution in [0.2, 0.25) is 0 Å². The number of carbonyl (C=O) groups excluding carboxylic acids is 1. The molecule has 0 fully saturated rings. The molecular weight excluding hydrogens is 300 g/mol. The largest absolute Gasteiger partial charge is 0.490 e. The molecule has 122 valence electrons. The molecule has 0 unspecified atom stereocenters. The molecule has 4 heteroatoms. The first-order chi connectivity index (χ1) is 11.8. The second-order valence-electron chi connectivity index (χ2n) is 5.63. The summed E-state index contributed by atoms with van der Waals surface area (Å²) >= 11 is 0. The highest BCUT2D eigenvalue weighted by Crippen LogP contribution is 2.21. The second-order valence-corrected chi connectivity index (χ2v) is 5.63. The standard InChI is InChI=1S/C20H20N2O2/c1-2-14-24-17-12-10-16(11-13-17)20(23)22-21-19-9-5-7-15-6-3-4-8-18(15)19/h2-4,6,8,10-13H,1,5,7,9,14H2,(H,22,23)/b21-19+. The van der Waals surface area contributed by atoms with Crippen LogP contribution < -0.4 is 10.2 Å². The van der Waals surface area contributed by atoms with E-state index in [1.807, 2.05) is 12.1 Å². The molecule has 24 heavy (non-hydrogen) atoms. The predicted molar refractivity (Wildman–Crippen MR) is 95.5 cm³/mol. The summed E-state index contributed by atoms with van der Waals surface area (Å²) in [5.74, 6) is 0.486. The lowest BCUT2D eigenvalue weighted by Crippen LogP contribution is -2.22. The smallest absolute Gasteiger partial charge is 0.271 e. The third-order valence-electron chi connectivity index (χ3n) is 3.96. The number of aryl methyl sites for hydroxylation is 1. The lowest BCUT2D eigenvalue weighted by atomic mass is 9.90. The Morgan fingerprint density at radius 3 is 2.75 bits per heavy atom. The van der Waals surface area contributed by atoms with Crippen LogP contribution in [0.1, 0.15) is 34.3 Å². The van der Waals surface area contributed by atoms with E-state index in [1.165, 1.54) is 5.56 Å². The summed E-state index contributed by atoms with van der Waals surface area (Å²) in [5.41, 5.74) is 6.58. The zero-order chi connectivity index (χ0) is 16.8. The van der Waals surface area contributed by atoms with Crippen LogP contribution in [-0.4, -0.2) is 18.2 Å². The van der Waals surface area contributed by atoms with Crippen molar-refractivity contribution in [3.8, 4) is 5.75 Å². The third-order valence-corrected chi connectivity index (χ3v) is 3.96. The maximum atomic E-state index is 12.2. The summed E-state index contributed by atoms with van der Waals surface area (Å²) in [4.78, 5) is 12.2. The molecule has 0 atom stereocenters. The van der Waals surface area contributed by atoms with Crippen LogP contribution in [0.3, 0.4) is 0 Å². The Bertz CT molecular complexity index is 763. The van der Waals surface area contributed by atoms with Crippen LogP contribution >= 0.6 is 0 Å². The molecule has 1 amide bonds.